The number of hydrogen-bond donors (Lipinski definition) is 2. The topological polar surface area (TPSA) is 139 Å². The Morgan fingerprint density at radius 2 is 2.00 bits per heavy atom. The maximum Gasteiger partial charge on any atom is 0.238 e. The second kappa shape index (κ2) is 7.29. The number of nitriles is 1. The van der Waals surface area contributed by atoms with Crippen LogP contribution in [0.2, 0.25) is 0 Å². The van der Waals surface area contributed by atoms with Crippen LogP contribution in [-0.2, 0) is 10.0 Å². The number of nitrogens with zero attached hydrogens (tertiary/aromatic N) is 3. The number of allylic oxidation sites excluding steroid dienone is 1. The molecule has 0 bridgehead atoms. The van der Waals surface area contributed by atoms with Crippen LogP contribution in [0, 0.1) is 11.3 Å². The van der Waals surface area contributed by atoms with Gasteiger partial charge in [0.25, 0.3) is 0 Å². The largest absolute Gasteiger partial charge is 0.457 e. The average Bonchev–Trinajstić information content (AvgIpc) is 3.32. The second-order valence-corrected chi connectivity index (χ2v) is 8.53. The van der Waals surface area contributed by atoms with E-state index in [4.69, 9.17) is 9.56 Å². The normalized spacial score (nSPS) is 12.2. The molecule has 0 aliphatic heterocycles. The standard InChI is InChI=1S/C19H12BrN5O3S/c20-13-8-16-19(23-10-13)25-18(24-16)12(9-21)7-14-3-6-17(28-14)11-1-4-15(5-2-11)29(22,26)27/h1-8,10H,(H2,22,26,27)(H,23,24,25). The highest BCUT2D eigenvalue weighted by Gasteiger charge is 2.12. The first-order valence-corrected chi connectivity index (χ1v) is 10.5. The number of pyridine rings is 1. The van der Waals surface area contributed by atoms with Crippen LogP contribution in [0.3, 0.4) is 0 Å². The van der Waals surface area contributed by atoms with Crippen molar-refractivity contribution < 1.29 is 12.8 Å². The number of nitrogens with two attached hydrogens (primary N) is 1. The summed E-state index contributed by atoms with van der Waals surface area (Å²) in [7, 11) is -3.76. The van der Waals surface area contributed by atoms with E-state index in [2.05, 4.69) is 37.0 Å². The Morgan fingerprint density at radius 1 is 1.24 bits per heavy atom. The molecule has 4 aromatic rings. The fourth-order valence-electron chi connectivity index (χ4n) is 2.69. The van der Waals surface area contributed by atoms with Gasteiger partial charge in [0.05, 0.1) is 16.0 Å². The maximum atomic E-state index is 11.4. The molecule has 29 heavy (non-hydrogen) atoms. The van der Waals surface area contributed by atoms with Crippen LogP contribution >= 0.6 is 15.9 Å². The molecule has 0 unspecified atom stereocenters. The number of nitrogens with one attached hydrogen (secondary N) is 1. The summed E-state index contributed by atoms with van der Waals surface area (Å²) in [5, 5.41) is 14.6. The molecular weight excluding hydrogens is 458 g/mol. The molecule has 1 aromatic carbocycles. The van der Waals surface area contributed by atoms with Gasteiger partial charge < -0.3 is 9.40 Å². The molecule has 0 radical (unpaired) electrons. The summed E-state index contributed by atoms with van der Waals surface area (Å²) in [5.74, 6) is 1.34. The molecule has 0 amide bonds. The Labute approximate surface area is 173 Å². The molecule has 0 atom stereocenters. The first-order chi connectivity index (χ1) is 13.8. The van der Waals surface area contributed by atoms with E-state index in [1.54, 1.807) is 36.5 Å². The number of furan rings is 1. The lowest BCUT2D eigenvalue weighted by Gasteiger charge is -2.00. The van der Waals surface area contributed by atoms with Gasteiger partial charge in [0.15, 0.2) is 11.5 Å². The third-order valence-corrected chi connectivity index (χ3v) is 5.42. The monoisotopic (exact) mass is 469 g/mol. The Hall–Kier alpha value is -3.26. The summed E-state index contributed by atoms with van der Waals surface area (Å²) in [4.78, 5) is 11.6. The minimum atomic E-state index is -3.76. The van der Waals surface area contributed by atoms with Crippen molar-refractivity contribution >= 4 is 48.8 Å². The molecule has 0 saturated carbocycles. The average molecular weight is 470 g/mol. The van der Waals surface area contributed by atoms with Gasteiger partial charge in [0, 0.05) is 22.3 Å². The molecule has 0 spiro atoms. The van der Waals surface area contributed by atoms with Crippen LogP contribution in [0.15, 0.2) is 62.4 Å². The van der Waals surface area contributed by atoms with Gasteiger partial charge in [-0.05, 0) is 58.4 Å². The molecule has 3 aromatic heterocycles. The predicted octanol–water partition coefficient (Wildman–Crippen LogP) is 3.69. The zero-order valence-electron chi connectivity index (χ0n) is 14.6. The van der Waals surface area contributed by atoms with Gasteiger partial charge in [-0.3, -0.25) is 0 Å². The third kappa shape index (κ3) is 3.97. The number of imidazole rings is 1. The van der Waals surface area contributed by atoms with Crippen molar-refractivity contribution in [1.29, 1.82) is 5.26 Å². The van der Waals surface area contributed by atoms with Crippen molar-refractivity contribution in [3.8, 4) is 17.4 Å². The molecular formula is C19H12BrN5O3S. The lowest BCUT2D eigenvalue weighted by Crippen LogP contribution is -2.11. The lowest BCUT2D eigenvalue weighted by molar-refractivity contribution is 0.571. The van der Waals surface area contributed by atoms with E-state index in [1.807, 2.05) is 6.07 Å². The van der Waals surface area contributed by atoms with Crippen LogP contribution in [0.4, 0.5) is 0 Å². The van der Waals surface area contributed by atoms with Gasteiger partial charge in [-0.1, -0.05) is 0 Å². The number of aromatic nitrogens is 3. The Kier molecular flexibility index (Phi) is 4.79. The van der Waals surface area contributed by atoms with Crippen molar-refractivity contribution in [3.05, 3.63) is 64.7 Å². The van der Waals surface area contributed by atoms with Crippen LogP contribution in [0.5, 0.6) is 0 Å². The summed E-state index contributed by atoms with van der Waals surface area (Å²) in [5.41, 5.74) is 2.16. The summed E-state index contributed by atoms with van der Waals surface area (Å²) >= 11 is 3.34. The van der Waals surface area contributed by atoms with Crippen LogP contribution in [0.25, 0.3) is 34.1 Å². The number of halogens is 1. The van der Waals surface area contributed by atoms with E-state index in [0.29, 0.717) is 34.1 Å². The molecule has 10 heteroatoms. The first-order valence-electron chi connectivity index (χ1n) is 8.20. The van der Waals surface area contributed by atoms with E-state index in [-0.39, 0.29) is 10.5 Å². The van der Waals surface area contributed by atoms with E-state index >= 15 is 0 Å². The van der Waals surface area contributed by atoms with Crippen molar-refractivity contribution in [1.82, 2.24) is 15.0 Å². The summed E-state index contributed by atoms with van der Waals surface area (Å²) < 4.78 is 29.3. The highest BCUT2D eigenvalue weighted by atomic mass is 79.9. The fourth-order valence-corrected chi connectivity index (χ4v) is 3.54. The molecule has 0 aliphatic carbocycles. The molecule has 4 rings (SSSR count). The molecule has 3 heterocycles. The van der Waals surface area contributed by atoms with Crippen LogP contribution in [0.1, 0.15) is 11.6 Å². The van der Waals surface area contributed by atoms with E-state index in [0.717, 1.165) is 4.47 Å². The van der Waals surface area contributed by atoms with Gasteiger partial charge in [-0.2, -0.15) is 5.26 Å². The zero-order chi connectivity index (χ0) is 20.6. The minimum Gasteiger partial charge on any atom is -0.457 e. The highest BCUT2D eigenvalue weighted by molar-refractivity contribution is 9.10. The minimum absolute atomic E-state index is 0.0184. The summed E-state index contributed by atoms with van der Waals surface area (Å²) in [6, 6.07) is 13.4. The maximum absolute atomic E-state index is 11.4. The molecule has 0 fully saturated rings. The van der Waals surface area contributed by atoms with Crippen molar-refractivity contribution in [2.24, 2.45) is 5.14 Å². The van der Waals surface area contributed by atoms with E-state index in [9.17, 15) is 13.7 Å². The summed E-state index contributed by atoms with van der Waals surface area (Å²) in [6.45, 7) is 0. The van der Waals surface area contributed by atoms with E-state index < -0.39 is 10.0 Å². The highest BCUT2D eigenvalue weighted by Crippen LogP contribution is 2.26. The smallest absolute Gasteiger partial charge is 0.238 e. The number of aromatic amines is 1. The molecule has 8 nitrogen and oxygen atoms in total. The molecule has 0 saturated heterocycles. The second-order valence-electron chi connectivity index (χ2n) is 6.05. The Bertz CT molecular complexity index is 1400. The predicted molar refractivity (Wildman–Crippen MR) is 111 cm³/mol. The Balaban J connectivity index is 1.65. The first kappa shape index (κ1) is 19.1. The van der Waals surface area contributed by atoms with Gasteiger partial charge in [-0.25, -0.2) is 23.5 Å². The van der Waals surface area contributed by atoms with E-state index in [1.165, 1.54) is 12.1 Å². The molecule has 144 valence electrons. The SMILES string of the molecule is N#CC(=Cc1ccc(-c2ccc(S(N)(=O)=O)cc2)o1)c1nc2ncc(Br)cc2[nH]1. The van der Waals surface area contributed by atoms with Gasteiger partial charge >= 0.3 is 0 Å². The van der Waals surface area contributed by atoms with Crippen molar-refractivity contribution in [2.45, 2.75) is 4.90 Å². The van der Waals surface area contributed by atoms with Gasteiger partial charge in [0.1, 0.15) is 17.6 Å². The van der Waals surface area contributed by atoms with Crippen molar-refractivity contribution in [3.63, 3.8) is 0 Å². The lowest BCUT2D eigenvalue weighted by atomic mass is 10.2. The van der Waals surface area contributed by atoms with Crippen molar-refractivity contribution in [2.75, 3.05) is 0 Å². The van der Waals surface area contributed by atoms with Crippen LogP contribution < -0.4 is 5.14 Å². The number of primary sulfonamides is 1. The third-order valence-electron chi connectivity index (χ3n) is 4.06. The number of rotatable bonds is 4. The Morgan fingerprint density at radius 3 is 2.69 bits per heavy atom. The molecule has 3 N–H and O–H groups in total. The number of fused-ring (bicyclic) bond motifs is 1. The van der Waals surface area contributed by atoms with Gasteiger partial charge in [-0.15, -0.1) is 0 Å². The number of hydrogen-bond acceptors (Lipinski definition) is 6. The quantitative estimate of drug-likeness (QED) is 0.436. The number of H-pyrrole nitrogens is 1. The fraction of sp³-hybridized carbons (Fsp3) is 0. The number of benzene rings is 1. The van der Waals surface area contributed by atoms with Crippen LogP contribution in [-0.4, -0.2) is 23.4 Å². The number of sulfonamides is 1. The van der Waals surface area contributed by atoms with Gasteiger partial charge in [0.2, 0.25) is 10.0 Å². The molecule has 0 aliphatic rings. The zero-order valence-corrected chi connectivity index (χ0v) is 17.0. The summed E-state index contributed by atoms with van der Waals surface area (Å²) in [6.07, 6.45) is 3.19.